The van der Waals surface area contributed by atoms with E-state index in [1.54, 1.807) is 0 Å². The summed E-state index contributed by atoms with van der Waals surface area (Å²) < 4.78 is 13.8. The SMILES string of the molecule is OCC1c2ccccc2-c2ccc(Oc3ccc4ccccc4c3-c3c(Oc4ccc5c(c4)C(CO)c4ccccc4-5)ccc4ccccc34)cc21. The van der Waals surface area contributed by atoms with Crippen LogP contribution in [-0.4, -0.2) is 23.4 Å². The Labute approximate surface area is 301 Å². The van der Waals surface area contributed by atoms with Gasteiger partial charge in [-0.1, -0.05) is 121 Å². The number of benzene rings is 8. The number of rotatable bonds is 7. The Hall–Kier alpha value is -6.20. The van der Waals surface area contributed by atoms with E-state index in [0.717, 1.165) is 77.2 Å². The Kier molecular flexibility index (Phi) is 7.20. The fraction of sp³-hybridized carbons (Fsp3) is 0.0833. The zero-order chi connectivity index (χ0) is 34.8. The van der Waals surface area contributed by atoms with Crippen molar-refractivity contribution in [3.63, 3.8) is 0 Å². The molecule has 2 atom stereocenters. The normalized spacial score (nSPS) is 15.3. The van der Waals surface area contributed by atoms with Crippen LogP contribution in [0.3, 0.4) is 0 Å². The van der Waals surface area contributed by atoms with Gasteiger partial charge in [-0.05, 0) is 102 Å². The fourth-order valence-corrected chi connectivity index (χ4v) is 8.54. The van der Waals surface area contributed by atoms with Crippen LogP contribution in [0.2, 0.25) is 0 Å². The molecule has 0 spiro atoms. The van der Waals surface area contributed by atoms with E-state index in [0.29, 0.717) is 23.0 Å². The van der Waals surface area contributed by atoms with Crippen LogP contribution in [0, 0.1) is 0 Å². The van der Waals surface area contributed by atoms with Gasteiger partial charge in [-0.25, -0.2) is 0 Å². The molecule has 52 heavy (non-hydrogen) atoms. The maximum absolute atomic E-state index is 10.5. The van der Waals surface area contributed by atoms with E-state index in [-0.39, 0.29) is 25.0 Å². The topological polar surface area (TPSA) is 58.9 Å². The highest BCUT2D eigenvalue weighted by Crippen LogP contribution is 2.51. The molecular weight excluding hydrogens is 641 g/mol. The summed E-state index contributed by atoms with van der Waals surface area (Å²) in [4.78, 5) is 0. The largest absolute Gasteiger partial charge is 0.457 e. The lowest BCUT2D eigenvalue weighted by atomic mass is 9.92. The highest BCUT2D eigenvalue weighted by molar-refractivity contribution is 6.10. The summed E-state index contributed by atoms with van der Waals surface area (Å²) in [6.45, 7) is 0.0540. The molecule has 250 valence electrons. The summed E-state index contributed by atoms with van der Waals surface area (Å²) in [6, 6.07) is 54.1. The lowest BCUT2D eigenvalue weighted by Gasteiger charge is -2.20. The third-order valence-electron chi connectivity index (χ3n) is 10.9. The maximum atomic E-state index is 10.5. The van der Waals surface area contributed by atoms with Crippen LogP contribution in [0.1, 0.15) is 34.1 Å². The molecule has 2 unspecified atom stereocenters. The number of ether oxygens (including phenoxy) is 2. The van der Waals surface area contributed by atoms with Crippen molar-refractivity contribution >= 4 is 21.5 Å². The first-order valence-corrected chi connectivity index (χ1v) is 17.8. The van der Waals surface area contributed by atoms with Crippen molar-refractivity contribution in [3.8, 4) is 56.4 Å². The summed E-state index contributed by atoms with van der Waals surface area (Å²) in [5.41, 5.74) is 10.9. The van der Waals surface area contributed by atoms with Gasteiger partial charge in [0.25, 0.3) is 0 Å². The third kappa shape index (κ3) is 4.76. The van der Waals surface area contributed by atoms with Gasteiger partial charge in [0.1, 0.15) is 23.0 Å². The predicted molar refractivity (Wildman–Crippen MR) is 209 cm³/mol. The number of hydrogen-bond acceptors (Lipinski definition) is 4. The molecule has 0 fully saturated rings. The van der Waals surface area contributed by atoms with Gasteiger partial charge < -0.3 is 19.7 Å². The zero-order valence-electron chi connectivity index (χ0n) is 28.3. The van der Waals surface area contributed by atoms with Crippen LogP contribution >= 0.6 is 0 Å². The minimum Gasteiger partial charge on any atom is -0.457 e. The first-order valence-electron chi connectivity index (χ1n) is 17.8. The summed E-state index contributed by atoms with van der Waals surface area (Å²) in [7, 11) is 0. The molecule has 4 nitrogen and oxygen atoms in total. The Morgan fingerprint density at radius 1 is 0.385 bits per heavy atom. The van der Waals surface area contributed by atoms with Crippen LogP contribution in [0.5, 0.6) is 23.0 Å². The highest BCUT2D eigenvalue weighted by Gasteiger charge is 2.30. The van der Waals surface area contributed by atoms with Crippen molar-refractivity contribution < 1.29 is 19.7 Å². The van der Waals surface area contributed by atoms with Gasteiger partial charge >= 0.3 is 0 Å². The second-order valence-electron chi connectivity index (χ2n) is 13.7. The Morgan fingerprint density at radius 3 is 1.25 bits per heavy atom. The summed E-state index contributed by atoms with van der Waals surface area (Å²) in [5, 5.41) is 25.2. The molecule has 0 saturated heterocycles. The van der Waals surface area contributed by atoms with Gasteiger partial charge in [-0.15, -0.1) is 0 Å². The quantitative estimate of drug-likeness (QED) is 0.177. The molecule has 2 N–H and O–H groups in total. The fourth-order valence-electron chi connectivity index (χ4n) is 8.54. The minimum absolute atomic E-state index is 0.0270. The van der Waals surface area contributed by atoms with Gasteiger partial charge in [0.2, 0.25) is 0 Å². The molecule has 4 heteroatoms. The summed E-state index contributed by atoms with van der Waals surface area (Å²) in [5.74, 6) is 2.63. The number of fused-ring (bicyclic) bond motifs is 8. The Morgan fingerprint density at radius 2 is 0.788 bits per heavy atom. The van der Waals surface area contributed by atoms with Gasteiger partial charge in [-0.3, -0.25) is 0 Å². The van der Waals surface area contributed by atoms with Gasteiger partial charge in [0, 0.05) is 23.0 Å². The van der Waals surface area contributed by atoms with Crippen molar-refractivity contribution in [1.82, 2.24) is 0 Å². The third-order valence-corrected chi connectivity index (χ3v) is 10.9. The second-order valence-corrected chi connectivity index (χ2v) is 13.7. The predicted octanol–water partition coefficient (Wildman–Crippen LogP) is 11.5. The average molecular weight is 675 g/mol. The zero-order valence-corrected chi connectivity index (χ0v) is 28.3. The summed E-state index contributed by atoms with van der Waals surface area (Å²) in [6.07, 6.45) is 0. The van der Waals surface area contributed by atoms with E-state index >= 15 is 0 Å². The first kappa shape index (κ1) is 30.6. The molecule has 0 bridgehead atoms. The highest BCUT2D eigenvalue weighted by atomic mass is 16.5. The average Bonchev–Trinajstić information content (AvgIpc) is 3.69. The molecule has 0 saturated carbocycles. The van der Waals surface area contributed by atoms with E-state index in [4.69, 9.17) is 9.47 Å². The Balaban J connectivity index is 1.13. The van der Waals surface area contributed by atoms with Crippen LogP contribution in [-0.2, 0) is 0 Å². The molecule has 0 aliphatic heterocycles. The van der Waals surface area contributed by atoms with Gasteiger partial charge in [0.05, 0.1) is 13.2 Å². The van der Waals surface area contributed by atoms with Crippen molar-refractivity contribution in [2.45, 2.75) is 11.8 Å². The standard InChI is InChI=1S/C48H34O4/c49-27-43-37-15-7-5-13-35(37)39-21-19-31(25-41(39)43)51-45-23-17-29-9-1-3-11-33(29)47(45)48-34-12-4-2-10-30(34)18-24-46(48)52-32-20-22-40-36-14-6-8-16-38(36)44(28-50)42(40)26-32/h1-26,43-44,49-50H,27-28H2. The van der Waals surface area contributed by atoms with E-state index < -0.39 is 0 Å². The maximum Gasteiger partial charge on any atom is 0.136 e. The lowest BCUT2D eigenvalue weighted by Crippen LogP contribution is -2.02. The molecule has 8 aromatic rings. The molecule has 2 aliphatic carbocycles. The van der Waals surface area contributed by atoms with Crippen molar-refractivity contribution in [1.29, 1.82) is 0 Å². The number of hydrogen-bond donors (Lipinski definition) is 2. The smallest absolute Gasteiger partial charge is 0.136 e. The number of aliphatic hydroxyl groups excluding tert-OH is 2. The van der Waals surface area contributed by atoms with Crippen molar-refractivity contribution in [2.24, 2.45) is 0 Å². The van der Waals surface area contributed by atoms with Gasteiger partial charge in [-0.2, -0.15) is 0 Å². The van der Waals surface area contributed by atoms with Crippen LogP contribution in [0.15, 0.2) is 158 Å². The second kappa shape index (κ2) is 12.2. The first-order chi connectivity index (χ1) is 25.7. The van der Waals surface area contributed by atoms with E-state index in [2.05, 4.69) is 109 Å². The molecule has 0 amide bonds. The Bertz CT molecular complexity index is 2510. The molecule has 0 radical (unpaired) electrons. The summed E-state index contributed by atoms with van der Waals surface area (Å²) >= 11 is 0. The molecular formula is C48H34O4. The minimum atomic E-state index is -0.102. The van der Waals surface area contributed by atoms with Crippen LogP contribution in [0.4, 0.5) is 0 Å². The van der Waals surface area contributed by atoms with Crippen LogP contribution < -0.4 is 9.47 Å². The van der Waals surface area contributed by atoms with Crippen LogP contribution in [0.25, 0.3) is 54.9 Å². The monoisotopic (exact) mass is 674 g/mol. The molecule has 0 heterocycles. The van der Waals surface area contributed by atoms with E-state index in [1.165, 1.54) is 0 Å². The lowest BCUT2D eigenvalue weighted by molar-refractivity contribution is 0.282. The van der Waals surface area contributed by atoms with E-state index in [9.17, 15) is 10.2 Å². The van der Waals surface area contributed by atoms with Crippen molar-refractivity contribution in [2.75, 3.05) is 13.2 Å². The van der Waals surface area contributed by atoms with Crippen molar-refractivity contribution in [3.05, 3.63) is 180 Å². The van der Waals surface area contributed by atoms with E-state index in [1.807, 2.05) is 48.5 Å². The van der Waals surface area contributed by atoms with Gasteiger partial charge in [0.15, 0.2) is 0 Å². The number of aliphatic hydroxyl groups is 2. The molecule has 2 aliphatic rings. The molecule has 8 aromatic carbocycles. The molecule has 10 rings (SSSR count). The molecule has 0 aromatic heterocycles.